The van der Waals surface area contributed by atoms with E-state index >= 15 is 0 Å². The highest BCUT2D eigenvalue weighted by Crippen LogP contribution is 2.31. The lowest BCUT2D eigenvalue weighted by Gasteiger charge is -2.21. The number of fused-ring (bicyclic) bond motifs is 1. The van der Waals surface area contributed by atoms with Crippen molar-refractivity contribution >= 4 is 40.5 Å². The number of hydrogen-bond donors (Lipinski definition) is 4. The first-order valence-corrected chi connectivity index (χ1v) is 9.24. The summed E-state index contributed by atoms with van der Waals surface area (Å²) in [5.41, 5.74) is 8.71. The molecule has 0 atom stereocenters. The molecule has 6 N–H and O–H groups in total. The maximum absolute atomic E-state index is 11.2. The molecule has 0 radical (unpaired) electrons. The first-order chi connectivity index (χ1) is 11.8. The lowest BCUT2D eigenvalue weighted by Crippen LogP contribution is -2.19. The molecule has 148 valence electrons. The largest absolute Gasteiger partial charge is 0.456 e. The molecule has 0 aromatic heterocycles. The summed E-state index contributed by atoms with van der Waals surface area (Å²) in [6.07, 6.45) is 0. The van der Waals surface area contributed by atoms with Crippen LogP contribution in [0.1, 0.15) is 18.1 Å². The molecule has 3 rings (SSSR count). The molecule has 0 unspecified atom stereocenters. The van der Waals surface area contributed by atoms with E-state index in [1.807, 2.05) is 25.1 Å². The van der Waals surface area contributed by atoms with Gasteiger partial charge in [-0.3, -0.25) is 0 Å². The van der Waals surface area contributed by atoms with E-state index in [9.17, 15) is 8.42 Å². The van der Waals surface area contributed by atoms with Crippen LogP contribution in [0.25, 0.3) is 0 Å². The van der Waals surface area contributed by atoms with Crippen molar-refractivity contribution < 1.29 is 13.2 Å². The Bertz CT molecular complexity index is 932. The Labute approximate surface area is 171 Å². The fraction of sp³-hybridized carbons (Fsp3) is 0.176. The van der Waals surface area contributed by atoms with Crippen LogP contribution in [0.4, 0.5) is 5.69 Å². The van der Waals surface area contributed by atoms with E-state index in [0.29, 0.717) is 24.7 Å². The molecular weight excluding hydrogens is 411 g/mol. The summed E-state index contributed by atoms with van der Waals surface area (Å²) < 4.78 is 28.1. The normalized spacial score (nSPS) is 12.8. The van der Waals surface area contributed by atoms with Crippen LogP contribution in [0, 0.1) is 0 Å². The third kappa shape index (κ3) is 5.75. The summed E-state index contributed by atoms with van der Waals surface area (Å²) in [6.45, 7) is 3.06. The average Bonchev–Trinajstić information content (AvgIpc) is 2.56. The molecule has 0 saturated carbocycles. The predicted octanol–water partition coefficient (Wildman–Crippen LogP) is 2.42. The molecule has 2 aromatic carbocycles. The number of nitrogens with one attached hydrogen (secondary N) is 2. The molecule has 0 fully saturated rings. The molecular formula is C17H22Cl2N4O3S. The van der Waals surface area contributed by atoms with E-state index < -0.39 is 10.0 Å². The molecule has 2 aromatic rings. The van der Waals surface area contributed by atoms with Crippen molar-refractivity contribution in [3.8, 4) is 5.75 Å². The van der Waals surface area contributed by atoms with Crippen LogP contribution in [0.5, 0.6) is 5.75 Å². The summed E-state index contributed by atoms with van der Waals surface area (Å²) in [6, 6.07) is 12.3. The summed E-state index contributed by atoms with van der Waals surface area (Å²) in [7, 11) is -3.65. The highest BCUT2D eigenvalue weighted by molar-refractivity contribution is 7.89. The van der Waals surface area contributed by atoms with Gasteiger partial charge in [0.1, 0.15) is 11.6 Å². The van der Waals surface area contributed by atoms with Crippen molar-refractivity contribution in [1.82, 2.24) is 5.32 Å². The van der Waals surface area contributed by atoms with Crippen LogP contribution in [0.2, 0.25) is 0 Å². The molecule has 0 saturated heterocycles. The van der Waals surface area contributed by atoms with E-state index in [4.69, 9.17) is 15.6 Å². The zero-order valence-corrected chi connectivity index (χ0v) is 17.0. The molecule has 0 spiro atoms. The van der Waals surface area contributed by atoms with Gasteiger partial charge < -0.3 is 21.1 Å². The molecule has 27 heavy (non-hydrogen) atoms. The summed E-state index contributed by atoms with van der Waals surface area (Å²) in [5.74, 6) is 1.91. The van der Waals surface area contributed by atoms with Gasteiger partial charge in [0.2, 0.25) is 10.0 Å². The lowest BCUT2D eigenvalue weighted by atomic mass is 10.1. The number of hydrogen-bond acceptors (Lipinski definition) is 6. The number of rotatable bonds is 5. The summed E-state index contributed by atoms with van der Waals surface area (Å²) in [5, 5.41) is 11.5. The number of benzene rings is 2. The van der Waals surface area contributed by atoms with Crippen LogP contribution in [0.15, 0.2) is 58.9 Å². The van der Waals surface area contributed by atoms with E-state index in [1.165, 1.54) is 12.1 Å². The molecule has 10 heteroatoms. The second-order valence-electron chi connectivity index (χ2n) is 5.82. The van der Waals surface area contributed by atoms with E-state index in [1.54, 1.807) is 12.1 Å². The number of ether oxygens (including phenoxy) is 1. The highest BCUT2D eigenvalue weighted by atomic mass is 35.5. The van der Waals surface area contributed by atoms with Crippen molar-refractivity contribution in [2.75, 3.05) is 5.32 Å². The number of sulfonamides is 1. The molecule has 0 amide bonds. The van der Waals surface area contributed by atoms with Gasteiger partial charge >= 0.3 is 0 Å². The van der Waals surface area contributed by atoms with Crippen molar-refractivity contribution in [2.24, 2.45) is 10.9 Å². The molecule has 1 aliphatic heterocycles. The summed E-state index contributed by atoms with van der Waals surface area (Å²) >= 11 is 0. The fourth-order valence-corrected chi connectivity index (χ4v) is 2.99. The number of nitrogens with two attached hydrogens (primary N) is 2. The van der Waals surface area contributed by atoms with E-state index in [-0.39, 0.29) is 29.7 Å². The van der Waals surface area contributed by atoms with Gasteiger partial charge in [0.05, 0.1) is 10.6 Å². The average molecular weight is 433 g/mol. The van der Waals surface area contributed by atoms with Crippen molar-refractivity contribution in [3.63, 3.8) is 0 Å². The summed E-state index contributed by atoms with van der Waals surface area (Å²) in [4.78, 5) is 0.109. The van der Waals surface area contributed by atoms with Gasteiger partial charge in [-0.15, -0.1) is 24.8 Å². The molecule has 0 aliphatic carbocycles. The minimum Gasteiger partial charge on any atom is -0.456 e. The maximum Gasteiger partial charge on any atom is 0.238 e. The Hall–Kier alpha value is -1.97. The minimum absolute atomic E-state index is 0. The van der Waals surface area contributed by atoms with E-state index in [0.717, 1.165) is 22.6 Å². The van der Waals surface area contributed by atoms with Crippen LogP contribution in [0.3, 0.4) is 0 Å². The smallest absolute Gasteiger partial charge is 0.238 e. The molecule has 7 nitrogen and oxygen atoms in total. The zero-order chi connectivity index (χ0) is 18.0. The minimum atomic E-state index is -3.65. The number of allylic oxidation sites excluding steroid dienone is 1. The lowest BCUT2D eigenvalue weighted by molar-refractivity contribution is 0.415. The van der Waals surface area contributed by atoms with Crippen LogP contribution in [-0.4, -0.2) is 8.42 Å². The number of halogens is 2. The topological polar surface area (TPSA) is 119 Å². The molecule has 1 aliphatic rings. The second-order valence-corrected chi connectivity index (χ2v) is 7.38. The van der Waals surface area contributed by atoms with Gasteiger partial charge in [0, 0.05) is 13.1 Å². The van der Waals surface area contributed by atoms with Crippen LogP contribution >= 0.6 is 24.8 Å². The van der Waals surface area contributed by atoms with Gasteiger partial charge in [-0.1, -0.05) is 18.2 Å². The van der Waals surface area contributed by atoms with Gasteiger partial charge in [-0.2, -0.15) is 0 Å². The number of primary sulfonamides is 1. The Morgan fingerprint density at radius 1 is 1.04 bits per heavy atom. The van der Waals surface area contributed by atoms with Crippen molar-refractivity contribution in [3.05, 3.63) is 65.2 Å². The molecule has 1 heterocycles. The first kappa shape index (κ1) is 23.1. The standard InChI is InChI=1S/C17H20N4O3S.2ClH/c1-11-17(18)21-15-8-13(4-7-16(15)24-11)10-20-9-12-2-5-14(6-3-12)25(19,22)23;;/h2-8,20-21H,9-10,18H2,1H3,(H2,19,22,23);2*1H. The van der Waals surface area contributed by atoms with Crippen LogP contribution in [-0.2, 0) is 23.1 Å². The molecule has 0 bridgehead atoms. The quantitative estimate of drug-likeness (QED) is 0.575. The van der Waals surface area contributed by atoms with Crippen LogP contribution < -0.4 is 26.2 Å². The fourth-order valence-electron chi connectivity index (χ4n) is 2.47. The third-order valence-electron chi connectivity index (χ3n) is 3.87. The SMILES string of the molecule is CC1=C(N)Nc2cc(CNCc3ccc(S(N)(=O)=O)cc3)ccc2O1.Cl.Cl. The first-order valence-electron chi connectivity index (χ1n) is 7.69. The monoisotopic (exact) mass is 432 g/mol. The number of anilines is 1. The van der Waals surface area contributed by atoms with Crippen molar-refractivity contribution in [1.29, 1.82) is 0 Å². The third-order valence-corrected chi connectivity index (χ3v) is 4.80. The van der Waals surface area contributed by atoms with Gasteiger partial charge in [0.25, 0.3) is 0 Å². The Kier molecular flexibility index (Phi) is 7.94. The van der Waals surface area contributed by atoms with Crippen molar-refractivity contribution in [2.45, 2.75) is 24.9 Å². The van der Waals surface area contributed by atoms with Gasteiger partial charge in [-0.05, 0) is 42.3 Å². The predicted molar refractivity (Wildman–Crippen MR) is 110 cm³/mol. The second kappa shape index (κ2) is 9.29. The Morgan fingerprint density at radius 2 is 1.63 bits per heavy atom. The Balaban J connectivity index is 0.00000182. The Morgan fingerprint density at radius 3 is 2.26 bits per heavy atom. The highest BCUT2D eigenvalue weighted by Gasteiger charge is 2.14. The van der Waals surface area contributed by atoms with Gasteiger partial charge in [-0.25, -0.2) is 13.6 Å². The maximum atomic E-state index is 11.2. The zero-order valence-electron chi connectivity index (χ0n) is 14.6. The van der Waals surface area contributed by atoms with Gasteiger partial charge in [0.15, 0.2) is 5.75 Å². The van der Waals surface area contributed by atoms with E-state index in [2.05, 4.69) is 10.6 Å².